The van der Waals surface area contributed by atoms with Crippen molar-refractivity contribution in [3.8, 4) is 0 Å². The summed E-state index contributed by atoms with van der Waals surface area (Å²) in [5.74, 6) is 3.20. The van der Waals surface area contributed by atoms with E-state index in [2.05, 4.69) is 22.2 Å². The number of aromatic nitrogens is 2. The standard InChI is InChI=1S/C10H15N3S/c1-7-9(5-12-8(2)13-7)10-6-14-4-3-11-10/h5,10-11H,3-4,6H2,1-2H3. The number of hydrogen-bond acceptors (Lipinski definition) is 4. The molecule has 14 heavy (non-hydrogen) atoms. The predicted molar refractivity (Wildman–Crippen MR) is 59.6 cm³/mol. The van der Waals surface area contributed by atoms with Crippen LogP contribution < -0.4 is 5.32 Å². The molecule has 1 saturated heterocycles. The van der Waals surface area contributed by atoms with Gasteiger partial charge >= 0.3 is 0 Å². The Bertz CT molecular complexity index is 321. The van der Waals surface area contributed by atoms with Gasteiger partial charge in [-0.1, -0.05) is 0 Å². The van der Waals surface area contributed by atoms with Crippen LogP contribution in [0.15, 0.2) is 6.20 Å². The Balaban J connectivity index is 2.22. The highest BCUT2D eigenvalue weighted by molar-refractivity contribution is 7.99. The summed E-state index contributed by atoms with van der Waals surface area (Å²) in [7, 11) is 0. The zero-order chi connectivity index (χ0) is 9.97. The Hall–Kier alpha value is -0.610. The van der Waals surface area contributed by atoms with Gasteiger partial charge in [0.05, 0.1) is 0 Å². The van der Waals surface area contributed by atoms with Crippen LogP contribution in [0.5, 0.6) is 0 Å². The van der Waals surface area contributed by atoms with Gasteiger partial charge < -0.3 is 5.32 Å². The molecule has 0 amide bonds. The fourth-order valence-electron chi connectivity index (χ4n) is 1.70. The van der Waals surface area contributed by atoms with Crippen molar-refractivity contribution in [2.24, 2.45) is 0 Å². The van der Waals surface area contributed by atoms with Gasteiger partial charge in [-0.15, -0.1) is 0 Å². The van der Waals surface area contributed by atoms with Crippen LogP contribution in [0, 0.1) is 13.8 Å². The van der Waals surface area contributed by atoms with Crippen molar-refractivity contribution >= 4 is 11.8 Å². The van der Waals surface area contributed by atoms with Gasteiger partial charge in [-0.2, -0.15) is 11.8 Å². The molecule has 2 rings (SSSR count). The number of thioether (sulfide) groups is 1. The van der Waals surface area contributed by atoms with Crippen molar-refractivity contribution in [1.82, 2.24) is 15.3 Å². The molecule has 0 aliphatic carbocycles. The largest absolute Gasteiger partial charge is 0.308 e. The second-order valence-corrected chi connectivity index (χ2v) is 4.69. The molecule has 0 saturated carbocycles. The van der Waals surface area contributed by atoms with Crippen molar-refractivity contribution < 1.29 is 0 Å². The van der Waals surface area contributed by atoms with Crippen LogP contribution in [0.1, 0.15) is 23.1 Å². The van der Waals surface area contributed by atoms with Crippen molar-refractivity contribution in [2.75, 3.05) is 18.1 Å². The highest BCUT2D eigenvalue weighted by Crippen LogP contribution is 2.22. The van der Waals surface area contributed by atoms with E-state index in [0.29, 0.717) is 6.04 Å². The van der Waals surface area contributed by atoms with Crippen LogP contribution in [-0.4, -0.2) is 28.0 Å². The third kappa shape index (κ3) is 2.07. The first-order chi connectivity index (χ1) is 6.77. The number of nitrogens with zero attached hydrogens (tertiary/aromatic N) is 2. The fraction of sp³-hybridized carbons (Fsp3) is 0.600. The summed E-state index contributed by atoms with van der Waals surface area (Å²) in [6.07, 6.45) is 1.96. The van der Waals surface area contributed by atoms with Gasteiger partial charge in [0.2, 0.25) is 0 Å². The minimum Gasteiger partial charge on any atom is -0.308 e. The first-order valence-electron chi connectivity index (χ1n) is 4.88. The average Bonchev–Trinajstić information content (AvgIpc) is 2.19. The molecule has 1 N–H and O–H groups in total. The Labute approximate surface area is 88.7 Å². The lowest BCUT2D eigenvalue weighted by atomic mass is 10.1. The van der Waals surface area contributed by atoms with Crippen LogP contribution in [0.2, 0.25) is 0 Å². The summed E-state index contributed by atoms with van der Waals surface area (Å²) in [5, 5.41) is 3.49. The second kappa shape index (κ2) is 4.28. The Morgan fingerprint density at radius 2 is 2.36 bits per heavy atom. The highest BCUT2D eigenvalue weighted by Gasteiger charge is 2.17. The molecule has 3 nitrogen and oxygen atoms in total. The van der Waals surface area contributed by atoms with Gasteiger partial charge in [0.25, 0.3) is 0 Å². The molecule has 1 aliphatic rings. The quantitative estimate of drug-likeness (QED) is 0.760. The van der Waals surface area contributed by atoms with Gasteiger partial charge in [0, 0.05) is 41.5 Å². The maximum absolute atomic E-state index is 4.39. The van der Waals surface area contributed by atoms with Crippen LogP contribution in [0.4, 0.5) is 0 Å². The summed E-state index contributed by atoms with van der Waals surface area (Å²) in [6.45, 7) is 5.08. The minimum absolute atomic E-state index is 0.439. The van der Waals surface area contributed by atoms with Crippen LogP contribution in [0.25, 0.3) is 0 Å². The molecule has 0 radical (unpaired) electrons. The van der Waals surface area contributed by atoms with E-state index in [1.807, 2.05) is 24.9 Å². The summed E-state index contributed by atoms with van der Waals surface area (Å²) in [6, 6.07) is 0.439. The van der Waals surface area contributed by atoms with E-state index in [4.69, 9.17) is 0 Å². The average molecular weight is 209 g/mol. The van der Waals surface area contributed by atoms with E-state index < -0.39 is 0 Å². The first kappa shape index (κ1) is 9.93. The Kier molecular flexibility index (Phi) is 3.03. The molecule has 0 spiro atoms. The maximum Gasteiger partial charge on any atom is 0.125 e. The summed E-state index contributed by atoms with van der Waals surface area (Å²) < 4.78 is 0. The topological polar surface area (TPSA) is 37.8 Å². The Morgan fingerprint density at radius 3 is 3.00 bits per heavy atom. The van der Waals surface area contributed by atoms with E-state index >= 15 is 0 Å². The monoisotopic (exact) mass is 209 g/mol. The Morgan fingerprint density at radius 1 is 1.50 bits per heavy atom. The van der Waals surface area contributed by atoms with Gasteiger partial charge in [-0.05, 0) is 13.8 Å². The zero-order valence-corrected chi connectivity index (χ0v) is 9.40. The third-order valence-electron chi connectivity index (χ3n) is 2.43. The van der Waals surface area contributed by atoms with E-state index in [-0.39, 0.29) is 0 Å². The molecule has 76 valence electrons. The molecule has 1 atom stereocenters. The third-order valence-corrected chi connectivity index (χ3v) is 3.50. The maximum atomic E-state index is 4.39. The predicted octanol–water partition coefficient (Wildman–Crippen LogP) is 1.47. The molecule has 1 aliphatic heterocycles. The number of nitrogens with one attached hydrogen (secondary N) is 1. The molecule has 1 aromatic rings. The van der Waals surface area contributed by atoms with Crippen molar-refractivity contribution in [3.05, 3.63) is 23.3 Å². The lowest BCUT2D eigenvalue weighted by molar-refractivity contribution is 0.586. The number of aryl methyl sites for hydroxylation is 2. The summed E-state index contributed by atoms with van der Waals surface area (Å²) in [5.41, 5.74) is 2.36. The van der Waals surface area contributed by atoms with Crippen molar-refractivity contribution in [1.29, 1.82) is 0 Å². The minimum atomic E-state index is 0.439. The van der Waals surface area contributed by atoms with Crippen molar-refractivity contribution in [3.63, 3.8) is 0 Å². The van der Waals surface area contributed by atoms with E-state index in [1.165, 1.54) is 11.3 Å². The summed E-state index contributed by atoms with van der Waals surface area (Å²) in [4.78, 5) is 8.64. The SMILES string of the molecule is Cc1ncc(C2CSCCN2)c(C)n1. The molecular weight excluding hydrogens is 194 g/mol. The van der Waals surface area contributed by atoms with Crippen LogP contribution >= 0.6 is 11.8 Å². The zero-order valence-electron chi connectivity index (χ0n) is 8.58. The van der Waals surface area contributed by atoms with Gasteiger partial charge in [0.15, 0.2) is 0 Å². The molecule has 2 heterocycles. The molecule has 1 fully saturated rings. The molecule has 1 unspecified atom stereocenters. The number of rotatable bonds is 1. The summed E-state index contributed by atoms with van der Waals surface area (Å²) >= 11 is 1.99. The van der Waals surface area contributed by atoms with Crippen molar-refractivity contribution in [2.45, 2.75) is 19.9 Å². The van der Waals surface area contributed by atoms with E-state index in [9.17, 15) is 0 Å². The van der Waals surface area contributed by atoms with Gasteiger partial charge in [-0.3, -0.25) is 0 Å². The second-order valence-electron chi connectivity index (χ2n) is 3.54. The smallest absolute Gasteiger partial charge is 0.125 e. The lowest BCUT2D eigenvalue weighted by Gasteiger charge is -2.24. The molecule has 4 heteroatoms. The molecule has 1 aromatic heterocycles. The van der Waals surface area contributed by atoms with Gasteiger partial charge in [0.1, 0.15) is 5.82 Å². The number of hydrogen-bond donors (Lipinski definition) is 1. The first-order valence-corrected chi connectivity index (χ1v) is 6.04. The highest BCUT2D eigenvalue weighted by atomic mass is 32.2. The van der Waals surface area contributed by atoms with E-state index in [1.54, 1.807) is 0 Å². The van der Waals surface area contributed by atoms with Crippen LogP contribution in [-0.2, 0) is 0 Å². The molecule has 0 bridgehead atoms. The lowest BCUT2D eigenvalue weighted by Crippen LogP contribution is -2.31. The van der Waals surface area contributed by atoms with E-state index in [0.717, 1.165) is 23.8 Å². The van der Waals surface area contributed by atoms with Gasteiger partial charge in [-0.25, -0.2) is 9.97 Å². The molecule has 0 aromatic carbocycles. The van der Waals surface area contributed by atoms with Crippen LogP contribution in [0.3, 0.4) is 0 Å². The fourth-order valence-corrected chi connectivity index (χ4v) is 2.66. The molecular formula is C10H15N3S. The normalized spacial score (nSPS) is 22.3.